The van der Waals surface area contributed by atoms with Crippen LogP contribution in [0.5, 0.6) is 5.75 Å². The van der Waals surface area contributed by atoms with Gasteiger partial charge in [-0.05, 0) is 54.7 Å². The van der Waals surface area contributed by atoms with Gasteiger partial charge in [0.05, 0.1) is 19.3 Å². The van der Waals surface area contributed by atoms with E-state index < -0.39 is 5.82 Å². The van der Waals surface area contributed by atoms with Crippen LogP contribution < -0.4 is 10.5 Å². The first-order valence-electron chi connectivity index (χ1n) is 8.45. The number of nitrogens with one attached hydrogen (secondary N) is 1. The van der Waals surface area contributed by atoms with E-state index in [1.807, 2.05) is 24.3 Å². The zero-order chi connectivity index (χ0) is 18.9. The maximum absolute atomic E-state index is 13.9. The Kier molecular flexibility index (Phi) is 9.30. The number of halogens is 2. The Morgan fingerprint density at radius 3 is 2.33 bits per heavy atom. The van der Waals surface area contributed by atoms with Gasteiger partial charge in [0.15, 0.2) is 0 Å². The van der Waals surface area contributed by atoms with Crippen molar-refractivity contribution in [3.8, 4) is 16.9 Å². The molecule has 0 aliphatic heterocycles. The molecule has 2 rings (SSSR count). The Bertz CT molecular complexity index is 766. The number of carbonyl (C=O) groups is 1. The normalized spacial score (nSPS) is 10.0. The molecule has 3 N–H and O–H groups in total. The Morgan fingerprint density at radius 1 is 1.07 bits per heavy atom. The van der Waals surface area contributed by atoms with Gasteiger partial charge in [0, 0.05) is 6.42 Å². The topological polar surface area (TPSA) is 85.4 Å². The number of methoxy groups -OCH3 is 1. The van der Waals surface area contributed by atoms with Crippen LogP contribution in [0.25, 0.3) is 11.1 Å². The molecule has 0 heterocycles. The number of hydrogen-bond donors (Lipinski definition) is 2. The molecular formula is C20H24ClFN2O3. The molecule has 0 saturated heterocycles. The second kappa shape index (κ2) is 11.2. The molecule has 0 amide bonds. The second-order valence-electron chi connectivity index (χ2n) is 5.87. The zero-order valence-electron chi connectivity index (χ0n) is 15.2. The van der Waals surface area contributed by atoms with E-state index >= 15 is 0 Å². The highest BCUT2D eigenvalue weighted by Gasteiger charge is 2.07. The first-order valence-corrected chi connectivity index (χ1v) is 8.45. The van der Waals surface area contributed by atoms with Crippen LogP contribution in [0.4, 0.5) is 4.39 Å². The Balaban J connectivity index is 0.00000364. The van der Waals surface area contributed by atoms with Gasteiger partial charge in [0.25, 0.3) is 0 Å². The van der Waals surface area contributed by atoms with Crippen molar-refractivity contribution in [3.63, 3.8) is 0 Å². The van der Waals surface area contributed by atoms with Gasteiger partial charge >= 0.3 is 5.97 Å². The lowest BCUT2D eigenvalue weighted by molar-refractivity contribution is -0.140. The maximum atomic E-state index is 13.9. The summed E-state index contributed by atoms with van der Waals surface area (Å²) in [6.45, 7) is 0.572. The van der Waals surface area contributed by atoms with E-state index in [-0.39, 0.29) is 29.8 Å². The van der Waals surface area contributed by atoms with Crippen molar-refractivity contribution >= 4 is 24.2 Å². The smallest absolute Gasteiger partial charge is 0.305 e. The number of benzene rings is 2. The quantitative estimate of drug-likeness (QED) is 0.287. The molecule has 2 aromatic rings. The standard InChI is InChI=1S/C20H23FN2O3.ClH/c1-25-19(24)5-3-2-4-12-26-16-9-6-14(7-10-16)15-8-11-17(20(22)23)18(21)13-15;/h6-11,13H,2-5,12H2,1H3,(H3,22,23);1H. The van der Waals surface area contributed by atoms with Crippen LogP contribution in [0.15, 0.2) is 42.5 Å². The molecule has 0 atom stereocenters. The monoisotopic (exact) mass is 394 g/mol. The number of nitrogen functional groups attached to an aromatic ring is 1. The van der Waals surface area contributed by atoms with E-state index in [4.69, 9.17) is 15.9 Å². The van der Waals surface area contributed by atoms with Crippen LogP contribution in [0.2, 0.25) is 0 Å². The number of hydrogen-bond acceptors (Lipinski definition) is 4. The molecule has 0 saturated carbocycles. The van der Waals surface area contributed by atoms with E-state index in [9.17, 15) is 9.18 Å². The van der Waals surface area contributed by atoms with E-state index in [2.05, 4.69) is 4.74 Å². The van der Waals surface area contributed by atoms with Gasteiger partial charge in [-0.25, -0.2) is 4.39 Å². The number of esters is 1. The molecule has 0 radical (unpaired) electrons. The second-order valence-corrected chi connectivity index (χ2v) is 5.87. The molecule has 27 heavy (non-hydrogen) atoms. The number of carbonyl (C=O) groups excluding carboxylic acids is 1. The van der Waals surface area contributed by atoms with Gasteiger partial charge in [0.1, 0.15) is 17.4 Å². The summed E-state index contributed by atoms with van der Waals surface area (Å²) in [6, 6.07) is 12.0. The van der Waals surface area contributed by atoms with Crippen LogP contribution in [0, 0.1) is 11.2 Å². The fourth-order valence-corrected chi connectivity index (χ4v) is 2.50. The molecular weight excluding hydrogens is 371 g/mol. The van der Waals surface area contributed by atoms with Gasteiger partial charge in [-0.3, -0.25) is 10.2 Å². The molecule has 146 valence electrons. The maximum Gasteiger partial charge on any atom is 0.305 e. The third-order valence-corrected chi connectivity index (χ3v) is 3.97. The minimum atomic E-state index is -0.512. The average Bonchev–Trinajstić information content (AvgIpc) is 2.64. The molecule has 0 aliphatic rings. The van der Waals surface area contributed by atoms with E-state index in [1.165, 1.54) is 19.2 Å². The van der Waals surface area contributed by atoms with Crippen LogP contribution in [-0.2, 0) is 9.53 Å². The highest BCUT2D eigenvalue weighted by Crippen LogP contribution is 2.24. The number of ether oxygens (including phenoxy) is 2. The number of unbranched alkanes of at least 4 members (excludes halogenated alkanes) is 2. The van der Waals surface area contributed by atoms with Crippen molar-refractivity contribution in [2.75, 3.05) is 13.7 Å². The van der Waals surface area contributed by atoms with Crippen LogP contribution in [-0.4, -0.2) is 25.5 Å². The SMILES string of the molecule is COC(=O)CCCCCOc1ccc(-c2ccc(C(=N)N)c(F)c2)cc1.Cl. The highest BCUT2D eigenvalue weighted by molar-refractivity contribution is 5.95. The lowest BCUT2D eigenvalue weighted by Gasteiger charge is -2.08. The van der Waals surface area contributed by atoms with Gasteiger partial charge in [0.2, 0.25) is 0 Å². The van der Waals surface area contributed by atoms with Crippen molar-refractivity contribution < 1.29 is 18.7 Å². The summed E-state index contributed by atoms with van der Waals surface area (Å²) in [5.74, 6) is -0.247. The molecule has 0 fully saturated rings. The van der Waals surface area contributed by atoms with Crippen molar-refractivity contribution in [3.05, 3.63) is 53.8 Å². The Labute approximate surface area is 164 Å². The van der Waals surface area contributed by atoms with Crippen LogP contribution >= 0.6 is 12.4 Å². The third-order valence-electron chi connectivity index (χ3n) is 3.97. The molecule has 5 nitrogen and oxygen atoms in total. The summed E-state index contributed by atoms with van der Waals surface area (Å²) < 4.78 is 24.2. The minimum absolute atomic E-state index is 0. The lowest BCUT2D eigenvalue weighted by Crippen LogP contribution is -2.13. The van der Waals surface area contributed by atoms with Gasteiger partial charge in [-0.1, -0.05) is 18.2 Å². The fraction of sp³-hybridized carbons (Fsp3) is 0.300. The van der Waals surface area contributed by atoms with E-state index in [1.54, 1.807) is 6.07 Å². The summed E-state index contributed by atoms with van der Waals surface area (Å²) in [5, 5.41) is 7.32. The van der Waals surface area contributed by atoms with E-state index in [0.717, 1.165) is 30.6 Å². The summed E-state index contributed by atoms with van der Waals surface area (Å²) in [4.78, 5) is 11.0. The zero-order valence-corrected chi connectivity index (χ0v) is 16.0. The van der Waals surface area contributed by atoms with E-state index in [0.29, 0.717) is 18.6 Å². The Morgan fingerprint density at radius 2 is 1.74 bits per heavy atom. The van der Waals surface area contributed by atoms with Crippen molar-refractivity contribution in [2.24, 2.45) is 5.73 Å². The lowest BCUT2D eigenvalue weighted by atomic mass is 10.0. The largest absolute Gasteiger partial charge is 0.494 e. The summed E-state index contributed by atoms with van der Waals surface area (Å²) in [5.41, 5.74) is 6.99. The predicted octanol–water partition coefficient (Wildman–Crippen LogP) is 4.31. The molecule has 0 aromatic heterocycles. The van der Waals surface area contributed by atoms with Crippen molar-refractivity contribution in [1.82, 2.24) is 0 Å². The van der Waals surface area contributed by atoms with Crippen molar-refractivity contribution in [2.45, 2.75) is 25.7 Å². The van der Waals surface area contributed by atoms with Crippen molar-refractivity contribution in [1.29, 1.82) is 5.41 Å². The molecule has 0 spiro atoms. The average molecular weight is 395 g/mol. The fourth-order valence-electron chi connectivity index (χ4n) is 2.50. The first kappa shape index (κ1) is 22.4. The predicted molar refractivity (Wildman–Crippen MR) is 106 cm³/mol. The van der Waals surface area contributed by atoms with Crippen LogP contribution in [0.3, 0.4) is 0 Å². The molecule has 0 aliphatic carbocycles. The van der Waals surface area contributed by atoms with Crippen LogP contribution in [0.1, 0.15) is 31.2 Å². The summed E-state index contributed by atoms with van der Waals surface area (Å²) >= 11 is 0. The highest BCUT2D eigenvalue weighted by atomic mass is 35.5. The van der Waals surface area contributed by atoms with Gasteiger partial charge in [-0.15, -0.1) is 12.4 Å². The number of amidine groups is 1. The molecule has 2 aromatic carbocycles. The summed E-state index contributed by atoms with van der Waals surface area (Å²) in [7, 11) is 1.39. The molecule has 7 heteroatoms. The van der Waals surface area contributed by atoms with Gasteiger partial charge < -0.3 is 15.2 Å². The number of rotatable bonds is 9. The van der Waals surface area contributed by atoms with Gasteiger partial charge in [-0.2, -0.15) is 0 Å². The number of nitrogens with two attached hydrogens (primary N) is 1. The first-order chi connectivity index (χ1) is 12.5. The minimum Gasteiger partial charge on any atom is -0.494 e. The molecule has 0 unspecified atom stereocenters. The Hall–Kier alpha value is -2.60. The summed E-state index contributed by atoms with van der Waals surface area (Å²) in [6.07, 6.45) is 2.98. The molecule has 0 bridgehead atoms. The third kappa shape index (κ3) is 6.90.